The third-order valence-electron chi connectivity index (χ3n) is 2.54. The molecular weight excluding hydrogens is 302 g/mol. The Morgan fingerprint density at radius 2 is 2.11 bits per heavy atom. The standard InChI is InChI=1S/C11H15N3O2S3/c1-7-8(2)18-11(13-7)14-19(15,16)10-4-9(5-12-3)17-6-10/h4,6,12H,5H2,1-3H3,(H,13,14). The van der Waals surface area contributed by atoms with Gasteiger partial charge < -0.3 is 5.32 Å². The molecule has 0 amide bonds. The molecule has 2 aromatic rings. The Hall–Kier alpha value is -0.960. The lowest BCUT2D eigenvalue weighted by Gasteiger charge is -2.01. The van der Waals surface area contributed by atoms with Crippen LogP contribution >= 0.6 is 22.7 Å². The Balaban J connectivity index is 2.21. The first-order chi connectivity index (χ1) is 8.92. The monoisotopic (exact) mass is 317 g/mol. The zero-order valence-corrected chi connectivity index (χ0v) is 13.3. The molecule has 0 aliphatic heterocycles. The first-order valence-corrected chi connectivity index (χ1v) is 8.79. The van der Waals surface area contributed by atoms with Crippen LogP contribution in [-0.2, 0) is 16.6 Å². The minimum atomic E-state index is -3.53. The van der Waals surface area contributed by atoms with Crippen LogP contribution in [0.3, 0.4) is 0 Å². The summed E-state index contributed by atoms with van der Waals surface area (Å²) in [7, 11) is -1.71. The van der Waals surface area contributed by atoms with Gasteiger partial charge in [-0.1, -0.05) is 0 Å². The second-order valence-corrected chi connectivity index (χ2v) is 7.93. The molecule has 5 nitrogen and oxygen atoms in total. The van der Waals surface area contributed by atoms with Crippen molar-refractivity contribution in [3.8, 4) is 0 Å². The van der Waals surface area contributed by atoms with Crippen LogP contribution in [0.15, 0.2) is 16.3 Å². The maximum Gasteiger partial charge on any atom is 0.264 e. The zero-order chi connectivity index (χ0) is 14.0. The van der Waals surface area contributed by atoms with Gasteiger partial charge in [0.1, 0.15) is 0 Å². The van der Waals surface area contributed by atoms with E-state index in [9.17, 15) is 8.42 Å². The number of hydrogen-bond acceptors (Lipinski definition) is 6. The van der Waals surface area contributed by atoms with Crippen molar-refractivity contribution in [3.05, 3.63) is 26.9 Å². The Kier molecular flexibility index (Phi) is 4.24. The van der Waals surface area contributed by atoms with Crippen LogP contribution in [0.25, 0.3) is 0 Å². The van der Waals surface area contributed by atoms with E-state index >= 15 is 0 Å². The quantitative estimate of drug-likeness (QED) is 0.888. The van der Waals surface area contributed by atoms with Gasteiger partial charge in [0.25, 0.3) is 10.0 Å². The molecule has 0 aromatic carbocycles. The predicted octanol–water partition coefficient (Wildman–Crippen LogP) is 2.34. The summed E-state index contributed by atoms with van der Waals surface area (Å²) < 4.78 is 26.9. The maximum atomic E-state index is 12.2. The summed E-state index contributed by atoms with van der Waals surface area (Å²) in [5, 5.41) is 5.05. The van der Waals surface area contributed by atoms with E-state index in [2.05, 4.69) is 15.0 Å². The molecule has 2 N–H and O–H groups in total. The molecule has 0 unspecified atom stereocenters. The summed E-state index contributed by atoms with van der Waals surface area (Å²) in [6.45, 7) is 4.44. The molecule has 19 heavy (non-hydrogen) atoms. The number of nitrogens with zero attached hydrogens (tertiary/aromatic N) is 1. The van der Waals surface area contributed by atoms with Gasteiger partial charge in [0, 0.05) is 21.7 Å². The van der Waals surface area contributed by atoms with E-state index in [1.165, 1.54) is 22.7 Å². The van der Waals surface area contributed by atoms with Crippen molar-refractivity contribution in [2.75, 3.05) is 11.8 Å². The zero-order valence-electron chi connectivity index (χ0n) is 10.9. The SMILES string of the molecule is CNCc1cc(S(=O)(=O)Nc2nc(C)c(C)s2)cs1. The average Bonchev–Trinajstić information content (AvgIpc) is 2.88. The average molecular weight is 317 g/mol. The van der Waals surface area contributed by atoms with E-state index in [-0.39, 0.29) is 4.90 Å². The summed E-state index contributed by atoms with van der Waals surface area (Å²) in [5.74, 6) is 0. The van der Waals surface area contributed by atoms with Crippen molar-refractivity contribution in [2.45, 2.75) is 25.3 Å². The Bertz CT molecular complexity index is 654. The van der Waals surface area contributed by atoms with Crippen LogP contribution < -0.4 is 10.0 Å². The van der Waals surface area contributed by atoms with E-state index in [1.54, 1.807) is 11.4 Å². The topological polar surface area (TPSA) is 71.1 Å². The van der Waals surface area contributed by atoms with Crippen molar-refractivity contribution in [1.82, 2.24) is 10.3 Å². The fourth-order valence-corrected chi connectivity index (χ4v) is 4.80. The van der Waals surface area contributed by atoms with Gasteiger partial charge >= 0.3 is 0 Å². The number of thiophene rings is 1. The molecule has 2 rings (SSSR count). The van der Waals surface area contributed by atoms with E-state index in [0.29, 0.717) is 11.7 Å². The van der Waals surface area contributed by atoms with E-state index in [4.69, 9.17) is 0 Å². The fourth-order valence-electron chi connectivity index (χ4n) is 1.46. The molecule has 0 spiro atoms. The first kappa shape index (κ1) is 14.4. The summed E-state index contributed by atoms with van der Waals surface area (Å²) in [6, 6.07) is 1.68. The van der Waals surface area contributed by atoms with Crippen LogP contribution in [0.2, 0.25) is 0 Å². The molecule has 0 atom stereocenters. The highest BCUT2D eigenvalue weighted by molar-refractivity contribution is 7.93. The third-order valence-corrected chi connectivity index (χ3v) is 6.06. The molecule has 8 heteroatoms. The van der Waals surface area contributed by atoms with Crippen molar-refractivity contribution >= 4 is 37.8 Å². The number of anilines is 1. The van der Waals surface area contributed by atoms with Crippen LogP contribution in [0.4, 0.5) is 5.13 Å². The molecule has 0 aliphatic rings. The van der Waals surface area contributed by atoms with Gasteiger partial charge in [-0.3, -0.25) is 4.72 Å². The Morgan fingerprint density at radius 1 is 1.37 bits per heavy atom. The van der Waals surface area contributed by atoms with E-state index in [0.717, 1.165) is 15.4 Å². The minimum Gasteiger partial charge on any atom is -0.315 e. The van der Waals surface area contributed by atoms with Gasteiger partial charge in [-0.15, -0.1) is 22.7 Å². The minimum absolute atomic E-state index is 0.285. The lowest BCUT2D eigenvalue weighted by Crippen LogP contribution is -2.12. The van der Waals surface area contributed by atoms with Gasteiger partial charge in [0.05, 0.1) is 10.6 Å². The van der Waals surface area contributed by atoms with Crippen molar-refractivity contribution in [3.63, 3.8) is 0 Å². The maximum absolute atomic E-state index is 12.2. The van der Waals surface area contributed by atoms with Crippen LogP contribution in [0.1, 0.15) is 15.4 Å². The van der Waals surface area contributed by atoms with Gasteiger partial charge in [0.15, 0.2) is 5.13 Å². The number of hydrogen-bond donors (Lipinski definition) is 2. The van der Waals surface area contributed by atoms with Crippen LogP contribution in [-0.4, -0.2) is 20.4 Å². The predicted molar refractivity (Wildman–Crippen MR) is 79.5 cm³/mol. The second-order valence-electron chi connectivity index (χ2n) is 4.05. The lowest BCUT2D eigenvalue weighted by molar-refractivity contribution is 0.601. The van der Waals surface area contributed by atoms with Gasteiger partial charge in [-0.2, -0.15) is 0 Å². The normalized spacial score (nSPS) is 11.7. The molecule has 0 fully saturated rings. The number of thiazole rings is 1. The van der Waals surface area contributed by atoms with Gasteiger partial charge in [-0.25, -0.2) is 13.4 Å². The third kappa shape index (κ3) is 3.33. The Morgan fingerprint density at radius 3 is 2.68 bits per heavy atom. The van der Waals surface area contributed by atoms with Crippen molar-refractivity contribution < 1.29 is 8.42 Å². The summed E-state index contributed by atoms with van der Waals surface area (Å²) in [6.07, 6.45) is 0. The molecule has 104 valence electrons. The highest BCUT2D eigenvalue weighted by atomic mass is 32.2. The molecule has 0 saturated carbocycles. The summed E-state index contributed by atoms with van der Waals surface area (Å²) in [5.41, 5.74) is 0.851. The van der Waals surface area contributed by atoms with Crippen molar-refractivity contribution in [2.24, 2.45) is 0 Å². The number of aromatic nitrogens is 1. The number of nitrogens with one attached hydrogen (secondary N) is 2. The molecule has 2 heterocycles. The number of aryl methyl sites for hydroxylation is 2. The van der Waals surface area contributed by atoms with Gasteiger partial charge in [0.2, 0.25) is 0 Å². The second kappa shape index (κ2) is 5.58. The highest BCUT2D eigenvalue weighted by Crippen LogP contribution is 2.26. The summed E-state index contributed by atoms with van der Waals surface area (Å²) >= 11 is 2.76. The largest absolute Gasteiger partial charge is 0.315 e. The summed E-state index contributed by atoms with van der Waals surface area (Å²) in [4.78, 5) is 6.46. The molecule has 2 aromatic heterocycles. The van der Waals surface area contributed by atoms with Crippen molar-refractivity contribution in [1.29, 1.82) is 0 Å². The van der Waals surface area contributed by atoms with Crippen LogP contribution in [0, 0.1) is 13.8 Å². The first-order valence-electron chi connectivity index (χ1n) is 5.61. The highest BCUT2D eigenvalue weighted by Gasteiger charge is 2.18. The molecule has 0 bridgehead atoms. The molecule has 0 saturated heterocycles. The van der Waals surface area contributed by atoms with Gasteiger partial charge in [-0.05, 0) is 27.0 Å². The fraction of sp³-hybridized carbons (Fsp3) is 0.364. The smallest absolute Gasteiger partial charge is 0.264 e. The number of sulfonamides is 1. The van der Waals surface area contributed by atoms with E-state index in [1.807, 2.05) is 20.9 Å². The molecule has 0 aliphatic carbocycles. The molecule has 0 radical (unpaired) electrons. The Labute approximate surface area is 120 Å². The van der Waals surface area contributed by atoms with E-state index < -0.39 is 10.0 Å². The lowest BCUT2D eigenvalue weighted by atomic mass is 10.4. The van der Waals surface area contributed by atoms with Crippen LogP contribution in [0.5, 0.6) is 0 Å². The number of rotatable bonds is 5. The molecular formula is C11H15N3O2S3.